The van der Waals surface area contributed by atoms with Crippen LogP contribution in [0.2, 0.25) is 0 Å². The average molecular weight is 330 g/mol. The maximum atomic E-state index is 13.1. The van der Waals surface area contributed by atoms with Gasteiger partial charge in [0, 0.05) is 24.2 Å². The third-order valence-electron chi connectivity index (χ3n) is 3.61. The number of urea groups is 1. The number of benzene rings is 2. The van der Waals surface area contributed by atoms with E-state index in [0.717, 1.165) is 5.56 Å². The van der Waals surface area contributed by atoms with Crippen LogP contribution >= 0.6 is 0 Å². The van der Waals surface area contributed by atoms with E-state index in [-0.39, 0.29) is 18.8 Å². The summed E-state index contributed by atoms with van der Waals surface area (Å²) in [5.41, 5.74) is 1.90. The molecule has 1 aliphatic rings. The van der Waals surface area contributed by atoms with E-state index >= 15 is 0 Å². The minimum Gasteiger partial charge on any atom is -0.478 e. The van der Waals surface area contributed by atoms with Crippen LogP contribution in [0.15, 0.2) is 42.5 Å². The minimum atomic E-state index is -1.02. The normalized spacial score (nSPS) is 15.3. The maximum Gasteiger partial charge on any atom is 0.345 e. The number of carboxylic acid groups (broad SMARTS) is 1. The van der Waals surface area contributed by atoms with Crippen LogP contribution in [0, 0.1) is 5.82 Å². The molecule has 0 spiro atoms. The summed E-state index contributed by atoms with van der Waals surface area (Å²) >= 11 is 0. The van der Waals surface area contributed by atoms with E-state index in [4.69, 9.17) is 9.84 Å². The van der Waals surface area contributed by atoms with Gasteiger partial charge in [0.05, 0.1) is 0 Å². The van der Waals surface area contributed by atoms with Crippen molar-refractivity contribution in [2.24, 2.45) is 0 Å². The molecule has 0 saturated heterocycles. The molecule has 0 aliphatic carbocycles. The summed E-state index contributed by atoms with van der Waals surface area (Å²) in [4.78, 5) is 22.8. The predicted octanol–water partition coefficient (Wildman–Crippen LogP) is 2.54. The largest absolute Gasteiger partial charge is 0.478 e. The van der Waals surface area contributed by atoms with Gasteiger partial charge in [0.15, 0.2) is 6.10 Å². The van der Waals surface area contributed by atoms with E-state index < -0.39 is 18.1 Å². The van der Waals surface area contributed by atoms with Crippen LogP contribution in [0.5, 0.6) is 5.75 Å². The third-order valence-corrected chi connectivity index (χ3v) is 3.61. The van der Waals surface area contributed by atoms with Gasteiger partial charge in [-0.2, -0.15) is 0 Å². The lowest BCUT2D eigenvalue weighted by Gasteiger charge is -2.09. The number of fused-ring (bicyclic) bond motifs is 1. The van der Waals surface area contributed by atoms with Crippen molar-refractivity contribution in [1.29, 1.82) is 0 Å². The number of nitrogens with one attached hydrogen (secondary N) is 2. The van der Waals surface area contributed by atoms with Crippen molar-refractivity contribution in [1.82, 2.24) is 5.32 Å². The van der Waals surface area contributed by atoms with Gasteiger partial charge >= 0.3 is 12.0 Å². The van der Waals surface area contributed by atoms with E-state index in [2.05, 4.69) is 10.6 Å². The first-order valence-electron chi connectivity index (χ1n) is 7.33. The smallest absolute Gasteiger partial charge is 0.345 e. The Balaban J connectivity index is 1.58. The van der Waals surface area contributed by atoms with Gasteiger partial charge in [-0.15, -0.1) is 0 Å². The zero-order valence-corrected chi connectivity index (χ0v) is 12.6. The lowest BCUT2D eigenvalue weighted by atomic mass is 10.1. The number of aliphatic carboxylic acids is 1. The summed E-state index contributed by atoms with van der Waals surface area (Å²) in [7, 11) is 0. The predicted molar refractivity (Wildman–Crippen MR) is 84.5 cm³/mol. The molecule has 3 rings (SSSR count). The van der Waals surface area contributed by atoms with Gasteiger partial charge in [0.1, 0.15) is 11.6 Å². The van der Waals surface area contributed by atoms with Crippen LogP contribution in [0.25, 0.3) is 0 Å². The fourth-order valence-electron chi connectivity index (χ4n) is 2.47. The summed E-state index contributed by atoms with van der Waals surface area (Å²) in [5.74, 6) is -0.872. The number of halogens is 1. The van der Waals surface area contributed by atoms with Crippen LogP contribution in [0.4, 0.5) is 14.9 Å². The summed E-state index contributed by atoms with van der Waals surface area (Å²) in [6.45, 7) is 0.193. The van der Waals surface area contributed by atoms with Crippen molar-refractivity contribution in [3.05, 3.63) is 59.4 Å². The number of amides is 2. The Morgan fingerprint density at radius 3 is 2.83 bits per heavy atom. The molecule has 0 radical (unpaired) electrons. The highest BCUT2D eigenvalue weighted by Crippen LogP contribution is 2.31. The van der Waals surface area contributed by atoms with Crippen molar-refractivity contribution >= 4 is 17.7 Å². The molecule has 2 amide bonds. The Morgan fingerprint density at radius 1 is 1.25 bits per heavy atom. The van der Waals surface area contributed by atoms with Crippen LogP contribution in [0.3, 0.4) is 0 Å². The molecule has 0 saturated carbocycles. The van der Waals surface area contributed by atoms with Crippen molar-refractivity contribution in [3.8, 4) is 5.75 Å². The molecule has 7 heteroatoms. The van der Waals surface area contributed by atoms with Crippen LogP contribution in [-0.4, -0.2) is 23.2 Å². The first kappa shape index (κ1) is 15.8. The van der Waals surface area contributed by atoms with E-state index in [1.165, 1.54) is 12.1 Å². The van der Waals surface area contributed by atoms with Crippen LogP contribution in [0.1, 0.15) is 11.1 Å². The molecule has 0 bridgehead atoms. The average Bonchev–Trinajstić information content (AvgIpc) is 2.97. The minimum absolute atomic E-state index is 0.193. The zero-order valence-electron chi connectivity index (χ0n) is 12.6. The van der Waals surface area contributed by atoms with Crippen molar-refractivity contribution in [3.63, 3.8) is 0 Å². The van der Waals surface area contributed by atoms with Crippen molar-refractivity contribution in [2.75, 3.05) is 5.32 Å². The molecule has 0 aromatic heterocycles. The van der Waals surface area contributed by atoms with Gasteiger partial charge in [0.2, 0.25) is 0 Å². The lowest BCUT2D eigenvalue weighted by Crippen LogP contribution is -2.28. The topological polar surface area (TPSA) is 87.7 Å². The molecule has 124 valence electrons. The Hall–Kier alpha value is -3.09. The Morgan fingerprint density at radius 2 is 2.08 bits per heavy atom. The van der Waals surface area contributed by atoms with Gasteiger partial charge in [-0.25, -0.2) is 14.0 Å². The van der Waals surface area contributed by atoms with E-state index in [1.807, 2.05) is 0 Å². The highest BCUT2D eigenvalue weighted by atomic mass is 19.1. The van der Waals surface area contributed by atoms with Gasteiger partial charge in [-0.05, 0) is 35.9 Å². The molecule has 1 heterocycles. The molecule has 0 fully saturated rings. The summed E-state index contributed by atoms with van der Waals surface area (Å²) < 4.78 is 18.4. The van der Waals surface area contributed by atoms with Crippen molar-refractivity contribution in [2.45, 2.75) is 19.1 Å². The van der Waals surface area contributed by atoms with Crippen LogP contribution in [-0.2, 0) is 17.8 Å². The quantitative estimate of drug-likeness (QED) is 0.804. The molecular formula is C17H15FN2O4. The molecule has 1 aliphatic heterocycles. The Bertz CT molecular complexity index is 794. The number of anilines is 1. The van der Waals surface area contributed by atoms with E-state index in [1.54, 1.807) is 30.3 Å². The molecular weight excluding hydrogens is 315 g/mol. The third kappa shape index (κ3) is 3.62. The van der Waals surface area contributed by atoms with E-state index in [0.29, 0.717) is 17.0 Å². The van der Waals surface area contributed by atoms with E-state index in [9.17, 15) is 14.0 Å². The summed E-state index contributed by atoms with van der Waals surface area (Å²) in [6, 6.07) is 10.5. The SMILES string of the molecule is O=C(NCc1cccc(F)c1)Nc1ccc2c(c1)CC(C(=O)O)O2. The molecule has 1 unspecified atom stereocenters. The highest BCUT2D eigenvalue weighted by molar-refractivity contribution is 5.89. The fourth-order valence-corrected chi connectivity index (χ4v) is 2.47. The van der Waals surface area contributed by atoms with Gasteiger partial charge in [-0.3, -0.25) is 0 Å². The van der Waals surface area contributed by atoms with Gasteiger partial charge in [-0.1, -0.05) is 12.1 Å². The first-order valence-corrected chi connectivity index (χ1v) is 7.33. The maximum absolute atomic E-state index is 13.1. The molecule has 1 atom stereocenters. The van der Waals surface area contributed by atoms with Crippen molar-refractivity contribution < 1.29 is 23.8 Å². The number of hydrogen-bond acceptors (Lipinski definition) is 3. The summed E-state index contributed by atoms with van der Waals surface area (Å²) in [6.07, 6.45) is -0.637. The monoisotopic (exact) mass is 330 g/mol. The highest BCUT2D eigenvalue weighted by Gasteiger charge is 2.28. The fraction of sp³-hybridized carbons (Fsp3) is 0.176. The Labute approximate surface area is 137 Å². The standard InChI is InChI=1S/C17H15FN2O4/c18-12-3-1-2-10(6-12)9-19-17(23)20-13-4-5-14-11(7-13)8-15(24-14)16(21)22/h1-7,15H,8-9H2,(H,21,22)(H2,19,20,23). The molecule has 6 nitrogen and oxygen atoms in total. The number of hydrogen-bond donors (Lipinski definition) is 3. The first-order chi connectivity index (χ1) is 11.5. The molecule has 2 aromatic rings. The second kappa shape index (κ2) is 6.57. The number of carbonyl (C=O) groups excluding carboxylic acids is 1. The molecule has 24 heavy (non-hydrogen) atoms. The second-order valence-electron chi connectivity index (χ2n) is 5.41. The zero-order chi connectivity index (χ0) is 17.1. The summed E-state index contributed by atoms with van der Waals surface area (Å²) in [5, 5.41) is 14.2. The molecule has 3 N–H and O–H groups in total. The lowest BCUT2D eigenvalue weighted by molar-refractivity contribution is -0.144. The van der Waals surface area contributed by atoms with Gasteiger partial charge in [0.25, 0.3) is 0 Å². The number of ether oxygens (including phenoxy) is 1. The Kier molecular flexibility index (Phi) is 4.33. The number of rotatable bonds is 4. The second-order valence-corrected chi connectivity index (χ2v) is 5.41. The number of carbonyl (C=O) groups is 2. The number of carboxylic acids is 1. The van der Waals surface area contributed by atoms with Gasteiger partial charge < -0.3 is 20.5 Å². The van der Waals surface area contributed by atoms with Crippen LogP contribution < -0.4 is 15.4 Å². The molecule has 2 aromatic carbocycles.